The Morgan fingerprint density at radius 3 is 2.52 bits per heavy atom. The molecular formula is C19H20F3N5O4. The van der Waals surface area contributed by atoms with E-state index >= 15 is 0 Å². The number of carboxylic acid groups (broad SMARTS) is 1. The highest BCUT2D eigenvalue weighted by atomic mass is 19.4. The zero-order chi connectivity index (χ0) is 22.4. The van der Waals surface area contributed by atoms with Gasteiger partial charge in [0.15, 0.2) is 0 Å². The predicted octanol–water partition coefficient (Wildman–Crippen LogP) is 1.41. The van der Waals surface area contributed by atoms with E-state index in [0.717, 1.165) is 18.5 Å². The molecule has 0 radical (unpaired) electrons. The molecule has 4 heterocycles. The number of aliphatic carboxylic acids is 1. The van der Waals surface area contributed by atoms with E-state index in [1.807, 2.05) is 12.1 Å². The summed E-state index contributed by atoms with van der Waals surface area (Å²) in [7, 11) is 0. The number of pyridine rings is 1. The van der Waals surface area contributed by atoms with E-state index in [4.69, 9.17) is 14.6 Å². The average Bonchev–Trinajstić information content (AvgIpc) is 3.06. The Balaban J connectivity index is 0.000000339. The number of nitrogens with zero attached hydrogens (tertiary/aromatic N) is 4. The zero-order valence-electron chi connectivity index (χ0n) is 16.2. The summed E-state index contributed by atoms with van der Waals surface area (Å²) in [6.07, 6.45) is 2.56. The lowest BCUT2D eigenvalue weighted by Crippen LogP contribution is -2.46. The largest absolute Gasteiger partial charge is 0.490 e. The van der Waals surface area contributed by atoms with Crippen molar-refractivity contribution in [1.82, 2.24) is 20.3 Å². The number of halogens is 3. The van der Waals surface area contributed by atoms with Crippen LogP contribution in [0.25, 0.3) is 0 Å². The Bertz CT molecular complexity index is 885. The standard InChI is InChI=1S/C17H19N5O2.C2HF3O2/c23-16(21-9-12-3-1-4-18-8-12)14-7-13-10-22(11-15(14)24-13)17-19-5-2-6-20-17;3-2(4,5)1(6)7/h1-6,8,13-15H,7,9-11H2,(H,21,23);(H,6,7). The molecule has 2 aliphatic rings. The summed E-state index contributed by atoms with van der Waals surface area (Å²) >= 11 is 0. The molecule has 2 fully saturated rings. The third-order valence-electron chi connectivity index (χ3n) is 4.76. The molecule has 0 spiro atoms. The normalized spacial score (nSPS) is 22.3. The molecule has 0 aromatic carbocycles. The molecule has 2 saturated heterocycles. The van der Waals surface area contributed by atoms with Gasteiger partial charge in [-0.2, -0.15) is 13.2 Å². The molecule has 2 N–H and O–H groups in total. The molecule has 2 aromatic heterocycles. The van der Waals surface area contributed by atoms with Gasteiger partial charge in [-0.15, -0.1) is 0 Å². The molecule has 2 bridgehead atoms. The second kappa shape index (κ2) is 9.69. The van der Waals surface area contributed by atoms with Crippen LogP contribution in [0.15, 0.2) is 43.0 Å². The van der Waals surface area contributed by atoms with E-state index in [0.29, 0.717) is 19.0 Å². The molecule has 9 nitrogen and oxygen atoms in total. The maximum atomic E-state index is 12.5. The number of amides is 1. The summed E-state index contributed by atoms with van der Waals surface area (Å²) in [5, 5.41) is 10.1. The lowest BCUT2D eigenvalue weighted by molar-refractivity contribution is -0.192. The molecule has 3 unspecified atom stereocenters. The molecule has 31 heavy (non-hydrogen) atoms. The molecule has 2 aromatic rings. The number of morpholine rings is 1. The molecule has 166 valence electrons. The van der Waals surface area contributed by atoms with Crippen LogP contribution in [0.4, 0.5) is 19.1 Å². The number of rotatable bonds is 4. The van der Waals surface area contributed by atoms with Crippen LogP contribution in [0.5, 0.6) is 0 Å². The lowest BCUT2D eigenvalue weighted by atomic mass is 9.99. The van der Waals surface area contributed by atoms with Gasteiger partial charge in [0.2, 0.25) is 11.9 Å². The number of fused-ring (bicyclic) bond motifs is 2. The maximum Gasteiger partial charge on any atom is 0.490 e. The van der Waals surface area contributed by atoms with Gasteiger partial charge in [0, 0.05) is 44.4 Å². The van der Waals surface area contributed by atoms with E-state index in [-0.39, 0.29) is 24.0 Å². The fourth-order valence-electron chi connectivity index (χ4n) is 3.37. The molecule has 0 aliphatic carbocycles. The Morgan fingerprint density at radius 1 is 1.19 bits per heavy atom. The van der Waals surface area contributed by atoms with Crippen LogP contribution in [0.1, 0.15) is 12.0 Å². The SMILES string of the molecule is O=C(NCc1cccnc1)C1CC2CN(c3ncccn3)CC1O2.O=C(O)C(F)(F)F. The van der Waals surface area contributed by atoms with Crippen LogP contribution in [0.3, 0.4) is 0 Å². The van der Waals surface area contributed by atoms with Crippen molar-refractivity contribution in [1.29, 1.82) is 0 Å². The number of carbonyl (C=O) groups excluding carboxylic acids is 1. The van der Waals surface area contributed by atoms with Crippen LogP contribution in [-0.2, 0) is 20.9 Å². The van der Waals surface area contributed by atoms with Crippen LogP contribution >= 0.6 is 0 Å². The first-order valence-corrected chi connectivity index (χ1v) is 9.38. The first-order chi connectivity index (χ1) is 14.7. The van der Waals surface area contributed by atoms with Gasteiger partial charge in [0.05, 0.1) is 18.1 Å². The van der Waals surface area contributed by atoms with E-state index in [1.54, 1.807) is 30.9 Å². The number of anilines is 1. The van der Waals surface area contributed by atoms with Crippen molar-refractivity contribution in [3.05, 3.63) is 48.5 Å². The molecule has 2 aliphatic heterocycles. The molecule has 1 amide bonds. The molecule has 0 saturated carbocycles. The third kappa shape index (κ3) is 6.10. The second-order valence-electron chi connectivity index (χ2n) is 6.97. The van der Waals surface area contributed by atoms with Gasteiger partial charge in [0.25, 0.3) is 0 Å². The molecule has 4 rings (SSSR count). The fraction of sp³-hybridized carbons (Fsp3) is 0.421. The summed E-state index contributed by atoms with van der Waals surface area (Å²) in [5.74, 6) is -2.14. The number of nitrogens with one attached hydrogen (secondary N) is 1. The van der Waals surface area contributed by atoms with E-state index in [2.05, 4.69) is 25.2 Å². The topological polar surface area (TPSA) is 118 Å². The van der Waals surface area contributed by atoms with E-state index < -0.39 is 12.1 Å². The number of aromatic nitrogens is 3. The van der Waals surface area contributed by atoms with Crippen LogP contribution in [0.2, 0.25) is 0 Å². The highest BCUT2D eigenvalue weighted by molar-refractivity contribution is 5.79. The zero-order valence-corrected chi connectivity index (χ0v) is 16.2. The molecule has 3 atom stereocenters. The number of hydrogen-bond acceptors (Lipinski definition) is 7. The minimum Gasteiger partial charge on any atom is -0.475 e. The Hall–Kier alpha value is -3.28. The summed E-state index contributed by atoms with van der Waals surface area (Å²) in [5.41, 5.74) is 0.993. The van der Waals surface area contributed by atoms with Crippen LogP contribution in [0, 0.1) is 5.92 Å². The molecular weight excluding hydrogens is 419 g/mol. The summed E-state index contributed by atoms with van der Waals surface area (Å²) < 4.78 is 37.7. The van der Waals surface area contributed by atoms with Crippen molar-refractivity contribution < 1.29 is 32.6 Å². The highest BCUT2D eigenvalue weighted by Crippen LogP contribution is 2.33. The van der Waals surface area contributed by atoms with Gasteiger partial charge in [-0.3, -0.25) is 9.78 Å². The van der Waals surface area contributed by atoms with E-state index in [1.165, 1.54) is 0 Å². The predicted molar refractivity (Wildman–Crippen MR) is 101 cm³/mol. The van der Waals surface area contributed by atoms with E-state index in [9.17, 15) is 18.0 Å². The van der Waals surface area contributed by atoms with Crippen LogP contribution < -0.4 is 10.2 Å². The summed E-state index contributed by atoms with van der Waals surface area (Å²) in [4.78, 5) is 36.2. The Morgan fingerprint density at radius 2 is 1.90 bits per heavy atom. The number of hydrogen-bond donors (Lipinski definition) is 2. The second-order valence-corrected chi connectivity index (χ2v) is 6.97. The highest BCUT2D eigenvalue weighted by Gasteiger charge is 2.45. The summed E-state index contributed by atoms with van der Waals surface area (Å²) in [6, 6.07) is 5.61. The van der Waals surface area contributed by atoms with Crippen molar-refractivity contribution in [2.75, 3.05) is 18.0 Å². The van der Waals surface area contributed by atoms with Gasteiger partial charge in [-0.05, 0) is 24.1 Å². The van der Waals surface area contributed by atoms with Crippen molar-refractivity contribution in [3.63, 3.8) is 0 Å². The lowest BCUT2D eigenvalue weighted by Gasteiger charge is -2.32. The minimum atomic E-state index is -5.08. The number of alkyl halides is 3. The maximum absolute atomic E-state index is 12.5. The van der Waals surface area contributed by atoms with Crippen molar-refractivity contribution in [3.8, 4) is 0 Å². The average molecular weight is 439 g/mol. The Kier molecular flexibility index (Phi) is 7.00. The first kappa shape index (κ1) is 22.4. The smallest absolute Gasteiger partial charge is 0.475 e. The quantitative estimate of drug-likeness (QED) is 0.735. The summed E-state index contributed by atoms with van der Waals surface area (Å²) in [6.45, 7) is 1.87. The third-order valence-corrected chi connectivity index (χ3v) is 4.76. The van der Waals surface area contributed by atoms with Crippen molar-refractivity contribution >= 4 is 17.8 Å². The number of ether oxygens (including phenoxy) is 1. The van der Waals surface area contributed by atoms with Gasteiger partial charge >= 0.3 is 12.1 Å². The minimum absolute atomic E-state index is 0.0437. The van der Waals surface area contributed by atoms with Crippen molar-refractivity contribution in [2.45, 2.75) is 31.3 Å². The van der Waals surface area contributed by atoms with Gasteiger partial charge in [-0.1, -0.05) is 6.07 Å². The number of carboxylic acids is 1. The Labute approximate surface area is 175 Å². The van der Waals surface area contributed by atoms with Crippen molar-refractivity contribution in [2.24, 2.45) is 5.92 Å². The monoisotopic (exact) mass is 439 g/mol. The van der Waals surface area contributed by atoms with Gasteiger partial charge < -0.3 is 20.1 Å². The fourth-order valence-corrected chi connectivity index (χ4v) is 3.37. The molecule has 12 heteroatoms. The van der Waals surface area contributed by atoms with Crippen LogP contribution in [-0.4, -0.2) is 63.4 Å². The van der Waals surface area contributed by atoms with Gasteiger partial charge in [-0.25, -0.2) is 14.8 Å². The van der Waals surface area contributed by atoms with Gasteiger partial charge in [0.1, 0.15) is 0 Å². The number of carbonyl (C=O) groups is 2. The first-order valence-electron chi connectivity index (χ1n) is 9.38.